The van der Waals surface area contributed by atoms with Gasteiger partial charge in [0.15, 0.2) is 0 Å². The molecule has 1 rings (SSSR count). The number of hydrogen-bond donors (Lipinski definition) is 0. The van der Waals surface area contributed by atoms with Crippen LogP contribution in [0, 0.1) is 0 Å². The number of ketones is 1. The van der Waals surface area contributed by atoms with E-state index < -0.39 is 12.2 Å². The number of Topliss-reactive ketones (excluding diaryl/α,β-unsaturated/α-hetero) is 1. The number of alkyl halides is 2. The number of aryl methyl sites for hydroxylation is 1. The zero-order valence-electron chi connectivity index (χ0n) is 7.13. The van der Waals surface area contributed by atoms with Gasteiger partial charge in [-0.3, -0.25) is 9.78 Å². The molecule has 0 unspecified atom stereocenters. The molecular formula is C9H9F2NO. The van der Waals surface area contributed by atoms with E-state index in [0.29, 0.717) is 0 Å². The fourth-order valence-corrected chi connectivity index (χ4v) is 0.891. The Balaban J connectivity index is 2.86. The SMILES string of the molecule is CCc1ccc(C(=O)C(F)F)nc1. The lowest BCUT2D eigenvalue weighted by atomic mass is 10.2. The third-order valence-electron chi connectivity index (χ3n) is 1.68. The van der Waals surface area contributed by atoms with Gasteiger partial charge in [0, 0.05) is 6.20 Å². The topological polar surface area (TPSA) is 30.0 Å². The number of rotatable bonds is 3. The number of carbonyl (C=O) groups excluding carboxylic acids is 1. The van der Waals surface area contributed by atoms with Crippen molar-refractivity contribution in [1.82, 2.24) is 4.98 Å². The molecule has 0 fully saturated rings. The summed E-state index contributed by atoms with van der Waals surface area (Å²) in [5.74, 6) is -1.22. The van der Waals surface area contributed by atoms with E-state index in [9.17, 15) is 13.6 Å². The van der Waals surface area contributed by atoms with E-state index in [-0.39, 0.29) is 5.69 Å². The van der Waals surface area contributed by atoms with Crippen LogP contribution >= 0.6 is 0 Å². The predicted molar refractivity (Wildman–Crippen MR) is 43.9 cm³/mol. The molecule has 1 aromatic heterocycles. The summed E-state index contributed by atoms with van der Waals surface area (Å²) in [6, 6.07) is 2.95. The van der Waals surface area contributed by atoms with Crippen LogP contribution in [0.15, 0.2) is 18.3 Å². The maximum Gasteiger partial charge on any atom is 0.302 e. The van der Waals surface area contributed by atoms with Crippen molar-refractivity contribution in [3.63, 3.8) is 0 Å². The molecule has 1 aromatic rings. The zero-order chi connectivity index (χ0) is 9.84. The quantitative estimate of drug-likeness (QED) is 0.675. The number of hydrogen-bond acceptors (Lipinski definition) is 2. The van der Waals surface area contributed by atoms with Gasteiger partial charge in [-0.1, -0.05) is 13.0 Å². The summed E-state index contributed by atoms with van der Waals surface area (Å²) >= 11 is 0. The van der Waals surface area contributed by atoms with Gasteiger partial charge in [-0.25, -0.2) is 8.78 Å². The van der Waals surface area contributed by atoms with Crippen LogP contribution in [0.4, 0.5) is 8.78 Å². The highest BCUT2D eigenvalue weighted by molar-refractivity contribution is 5.96. The lowest BCUT2D eigenvalue weighted by Crippen LogP contribution is -2.11. The molecule has 4 heteroatoms. The smallest absolute Gasteiger partial charge is 0.286 e. The van der Waals surface area contributed by atoms with Gasteiger partial charge in [0.2, 0.25) is 5.78 Å². The Labute approximate surface area is 74.6 Å². The third kappa shape index (κ3) is 2.31. The van der Waals surface area contributed by atoms with Crippen LogP contribution in [0.3, 0.4) is 0 Å². The summed E-state index contributed by atoms with van der Waals surface area (Å²) in [5, 5.41) is 0. The van der Waals surface area contributed by atoms with Gasteiger partial charge in [-0.2, -0.15) is 0 Å². The largest absolute Gasteiger partial charge is 0.302 e. The van der Waals surface area contributed by atoms with Crippen molar-refractivity contribution < 1.29 is 13.6 Å². The molecule has 1 heterocycles. The van der Waals surface area contributed by atoms with Crippen molar-refractivity contribution >= 4 is 5.78 Å². The van der Waals surface area contributed by atoms with Gasteiger partial charge >= 0.3 is 6.43 Å². The maximum absolute atomic E-state index is 11.9. The molecule has 2 nitrogen and oxygen atoms in total. The van der Waals surface area contributed by atoms with Gasteiger partial charge < -0.3 is 0 Å². The Hall–Kier alpha value is -1.32. The molecule has 0 saturated carbocycles. The van der Waals surface area contributed by atoms with Crippen LogP contribution < -0.4 is 0 Å². The van der Waals surface area contributed by atoms with E-state index in [2.05, 4.69) is 4.98 Å². The molecule has 0 bridgehead atoms. The maximum atomic E-state index is 11.9. The van der Waals surface area contributed by atoms with E-state index in [1.54, 1.807) is 6.07 Å². The van der Waals surface area contributed by atoms with E-state index >= 15 is 0 Å². The molecule has 0 spiro atoms. The Morgan fingerprint density at radius 3 is 2.62 bits per heavy atom. The van der Waals surface area contributed by atoms with Gasteiger partial charge in [0.05, 0.1) is 0 Å². The molecule has 0 N–H and O–H groups in total. The van der Waals surface area contributed by atoms with Crippen LogP contribution in [-0.4, -0.2) is 17.2 Å². The number of aromatic nitrogens is 1. The summed E-state index contributed by atoms with van der Waals surface area (Å²) in [5.41, 5.74) is 0.748. The van der Waals surface area contributed by atoms with Crippen LogP contribution in [0.25, 0.3) is 0 Å². The molecule has 13 heavy (non-hydrogen) atoms. The number of carbonyl (C=O) groups is 1. The monoisotopic (exact) mass is 185 g/mol. The van der Waals surface area contributed by atoms with E-state index in [4.69, 9.17) is 0 Å². The van der Waals surface area contributed by atoms with Crippen molar-refractivity contribution in [3.05, 3.63) is 29.6 Å². The lowest BCUT2D eigenvalue weighted by Gasteiger charge is -1.99. The first kappa shape index (κ1) is 9.77. The van der Waals surface area contributed by atoms with Crippen LogP contribution in [-0.2, 0) is 6.42 Å². The average Bonchev–Trinajstić information content (AvgIpc) is 2.17. The van der Waals surface area contributed by atoms with Crippen molar-refractivity contribution in [2.24, 2.45) is 0 Å². The Kier molecular flexibility index (Phi) is 3.06. The fourth-order valence-electron chi connectivity index (χ4n) is 0.891. The molecule has 0 aromatic carbocycles. The van der Waals surface area contributed by atoms with Gasteiger partial charge in [-0.15, -0.1) is 0 Å². The molecule has 0 aliphatic rings. The second-order valence-corrected chi connectivity index (χ2v) is 2.57. The van der Waals surface area contributed by atoms with Crippen LogP contribution in [0.5, 0.6) is 0 Å². The van der Waals surface area contributed by atoms with E-state index in [1.807, 2.05) is 6.92 Å². The molecule has 0 radical (unpaired) electrons. The standard InChI is InChI=1S/C9H9F2NO/c1-2-6-3-4-7(12-5-6)8(13)9(10)11/h3-5,9H,2H2,1H3. The molecule has 0 atom stereocenters. The normalized spacial score (nSPS) is 10.5. The summed E-state index contributed by atoms with van der Waals surface area (Å²) in [6.07, 6.45) is -0.758. The summed E-state index contributed by atoms with van der Waals surface area (Å²) in [7, 11) is 0. The molecule has 0 aliphatic carbocycles. The minimum Gasteiger partial charge on any atom is -0.286 e. The minimum atomic E-state index is -2.97. The molecule has 0 amide bonds. The van der Waals surface area contributed by atoms with Gasteiger partial charge in [-0.05, 0) is 18.1 Å². The molecule has 0 saturated heterocycles. The highest BCUT2D eigenvalue weighted by Gasteiger charge is 2.18. The van der Waals surface area contributed by atoms with Crippen LogP contribution in [0.2, 0.25) is 0 Å². The van der Waals surface area contributed by atoms with E-state index in [1.165, 1.54) is 12.3 Å². The van der Waals surface area contributed by atoms with Gasteiger partial charge in [0.25, 0.3) is 0 Å². The third-order valence-corrected chi connectivity index (χ3v) is 1.68. The Morgan fingerprint density at radius 1 is 1.54 bits per heavy atom. The second-order valence-electron chi connectivity index (χ2n) is 2.57. The minimum absolute atomic E-state index is 0.174. The van der Waals surface area contributed by atoms with Gasteiger partial charge in [0.1, 0.15) is 5.69 Å². The number of nitrogens with zero attached hydrogens (tertiary/aromatic N) is 1. The number of pyridine rings is 1. The van der Waals surface area contributed by atoms with Crippen molar-refractivity contribution in [2.75, 3.05) is 0 Å². The highest BCUT2D eigenvalue weighted by Crippen LogP contribution is 2.06. The molecule has 70 valence electrons. The first-order chi connectivity index (χ1) is 6.15. The van der Waals surface area contributed by atoms with E-state index in [0.717, 1.165) is 12.0 Å². The van der Waals surface area contributed by atoms with Crippen molar-refractivity contribution in [1.29, 1.82) is 0 Å². The lowest BCUT2D eigenvalue weighted by molar-refractivity contribution is 0.0673. The zero-order valence-corrected chi connectivity index (χ0v) is 7.13. The Morgan fingerprint density at radius 2 is 2.23 bits per heavy atom. The summed E-state index contributed by atoms with van der Waals surface area (Å²) in [4.78, 5) is 14.4. The first-order valence-corrected chi connectivity index (χ1v) is 3.92. The fraction of sp³-hybridized carbons (Fsp3) is 0.333. The Bertz CT molecular complexity index is 295. The average molecular weight is 185 g/mol. The predicted octanol–water partition coefficient (Wildman–Crippen LogP) is 2.09. The highest BCUT2D eigenvalue weighted by atomic mass is 19.3. The summed E-state index contributed by atoms with van der Waals surface area (Å²) < 4.78 is 23.8. The van der Waals surface area contributed by atoms with Crippen molar-refractivity contribution in [2.45, 2.75) is 19.8 Å². The molecular weight excluding hydrogens is 176 g/mol. The first-order valence-electron chi connectivity index (χ1n) is 3.92. The van der Waals surface area contributed by atoms with Crippen LogP contribution in [0.1, 0.15) is 23.0 Å². The second kappa shape index (κ2) is 4.07. The summed E-state index contributed by atoms with van der Waals surface area (Å²) in [6.45, 7) is 1.92. The number of halogens is 2. The molecule has 0 aliphatic heterocycles. The van der Waals surface area contributed by atoms with Crippen molar-refractivity contribution in [3.8, 4) is 0 Å².